The molecule has 126 valence electrons. The predicted octanol–water partition coefficient (Wildman–Crippen LogP) is 3.78. The molecule has 7 heteroatoms. The van der Waals surface area contributed by atoms with E-state index in [1.165, 1.54) is 32.2 Å². The quantitative estimate of drug-likeness (QED) is 0.782. The third kappa shape index (κ3) is 4.55. The van der Waals surface area contributed by atoms with Gasteiger partial charge in [0.2, 0.25) is 0 Å². The van der Waals surface area contributed by atoms with E-state index >= 15 is 0 Å². The summed E-state index contributed by atoms with van der Waals surface area (Å²) in [6.45, 7) is 1.52. The van der Waals surface area contributed by atoms with Crippen LogP contribution in [0.1, 0.15) is 17.3 Å². The number of hydrogen-bond donors (Lipinski definition) is 1. The first-order valence-electron chi connectivity index (χ1n) is 7.01. The minimum atomic E-state index is -0.888. The molecule has 0 heterocycles. The number of rotatable bonds is 5. The summed E-state index contributed by atoms with van der Waals surface area (Å²) in [6.07, 6.45) is -0.888. The van der Waals surface area contributed by atoms with Crippen LogP contribution < -0.4 is 10.1 Å². The first-order valence-corrected chi connectivity index (χ1v) is 7.81. The number of hydrogen-bond acceptors (Lipinski definition) is 4. The first-order chi connectivity index (χ1) is 11.4. The summed E-state index contributed by atoms with van der Waals surface area (Å²) in [4.78, 5) is 23.6. The van der Waals surface area contributed by atoms with Crippen molar-refractivity contribution >= 4 is 33.5 Å². The molecule has 0 spiro atoms. The van der Waals surface area contributed by atoms with Gasteiger partial charge in [-0.2, -0.15) is 0 Å². The molecule has 0 radical (unpaired) electrons. The molecule has 2 aromatic carbocycles. The van der Waals surface area contributed by atoms with Crippen LogP contribution in [-0.2, 0) is 9.53 Å². The molecular weight excluding hydrogens is 381 g/mol. The van der Waals surface area contributed by atoms with Crippen molar-refractivity contribution in [2.45, 2.75) is 13.0 Å². The summed E-state index contributed by atoms with van der Waals surface area (Å²) < 4.78 is 24.4. The van der Waals surface area contributed by atoms with Crippen LogP contribution in [0.5, 0.6) is 5.75 Å². The minimum Gasteiger partial charge on any atom is -0.481 e. The molecule has 1 amide bonds. The second-order valence-corrected chi connectivity index (χ2v) is 5.81. The van der Waals surface area contributed by atoms with E-state index < -0.39 is 23.8 Å². The van der Waals surface area contributed by atoms with Crippen LogP contribution in [0.25, 0.3) is 0 Å². The molecule has 0 fully saturated rings. The normalized spacial score (nSPS) is 11.5. The molecule has 24 heavy (non-hydrogen) atoms. The average molecular weight is 396 g/mol. The van der Waals surface area contributed by atoms with Gasteiger partial charge in [0.1, 0.15) is 11.6 Å². The number of esters is 1. The number of amides is 1. The van der Waals surface area contributed by atoms with Crippen LogP contribution in [0, 0.1) is 5.82 Å². The van der Waals surface area contributed by atoms with Crippen LogP contribution >= 0.6 is 15.9 Å². The Bertz CT molecular complexity index is 766. The Hall–Kier alpha value is -2.41. The second kappa shape index (κ2) is 7.92. The number of methoxy groups -OCH3 is 1. The Balaban J connectivity index is 2.05. The fourth-order valence-corrected chi connectivity index (χ4v) is 2.23. The molecule has 2 rings (SSSR count). The molecule has 1 N–H and O–H groups in total. The van der Waals surface area contributed by atoms with E-state index in [1.807, 2.05) is 0 Å². The zero-order valence-corrected chi connectivity index (χ0v) is 14.6. The molecule has 0 aliphatic rings. The second-order valence-electron chi connectivity index (χ2n) is 4.89. The van der Waals surface area contributed by atoms with Crippen molar-refractivity contribution in [1.82, 2.24) is 0 Å². The average Bonchev–Trinajstić information content (AvgIpc) is 2.56. The fraction of sp³-hybridized carbons (Fsp3) is 0.176. The molecule has 0 saturated carbocycles. The first kappa shape index (κ1) is 17.9. The summed E-state index contributed by atoms with van der Waals surface area (Å²) in [5.74, 6) is -1.25. The van der Waals surface area contributed by atoms with E-state index in [9.17, 15) is 14.0 Å². The predicted molar refractivity (Wildman–Crippen MR) is 90.6 cm³/mol. The van der Waals surface area contributed by atoms with Crippen LogP contribution in [-0.4, -0.2) is 25.1 Å². The number of anilines is 1. The van der Waals surface area contributed by atoms with E-state index in [1.54, 1.807) is 24.3 Å². The van der Waals surface area contributed by atoms with Crippen LogP contribution in [0.3, 0.4) is 0 Å². The van der Waals surface area contributed by atoms with Gasteiger partial charge >= 0.3 is 5.97 Å². The van der Waals surface area contributed by atoms with Gasteiger partial charge in [-0.25, -0.2) is 9.18 Å². The zero-order valence-electron chi connectivity index (χ0n) is 13.0. The Kier molecular flexibility index (Phi) is 5.92. The van der Waals surface area contributed by atoms with Crippen LogP contribution in [0.15, 0.2) is 46.9 Å². The number of carbonyl (C=O) groups excluding carboxylic acids is 2. The molecule has 0 aromatic heterocycles. The maximum absolute atomic E-state index is 13.7. The standard InChI is InChI=1S/C17H15BrFNO4/c1-10(16(21)20-15-7-6-12(18)9-14(15)19)24-13-5-3-4-11(8-13)17(22)23-2/h3-10H,1-2H3,(H,20,21)/t10-/m0/s1. The molecule has 0 unspecified atom stereocenters. The maximum Gasteiger partial charge on any atom is 0.337 e. The highest BCUT2D eigenvalue weighted by atomic mass is 79.9. The van der Waals surface area contributed by atoms with E-state index in [2.05, 4.69) is 26.0 Å². The lowest BCUT2D eigenvalue weighted by atomic mass is 10.2. The third-order valence-corrected chi connectivity index (χ3v) is 3.62. The maximum atomic E-state index is 13.7. The van der Waals surface area contributed by atoms with E-state index in [-0.39, 0.29) is 5.69 Å². The molecule has 0 aliphatic heterocycles. The van der Waals surface area contributed by atoms with Gasteiger partial charge in [-0.05, 0) is 43.3 Å². The monoisotopic (exact) mass is 395 g/mol. The van der Waals surface area contributed by atoms with E-state index in [4.69, 9.17) is 4.74 Å². The molecule has 0 aliphatic carbocycles. The van der Waals surface area contributed by atoms with Gasteiger partial charge in [0.05, 0.1) is 18.4 Å². The lowest BCUT2D eigenvalue weighted by molar-refractivity contribution is -0.122. The number of ether oxygens (including phenoxy) is 2. The number of halogens is 2. The lowest BCUT2D eigenvalue weighted by Gasteiger charge is -2.15. The molecule has 1 atom stereocenters. The summed E-state index contributed by atoms with van der Waals surface area (Å²) in [5.41, 5.74) is 0.364. The van der Waals surface area contributed by atoms with Gasteiger partial charge < -0.3 is 14.8 Å². The SMILES string of the molecule is COC(=O)c1cccc(O[C@@H](C)C(=O)Nc2ccc(Br)cc2F)c1. The number of benzene rings is 2. The van der Waals surface area contributed by atoms with Crippen molar-refractivity contribution in [3.8, 4) is 5.75 Å². The molecule has 2 aromatic rings. The van der Waals surface area contributed by atoms with Crippen LogP contribution in [0.2, 0.25) is 0 Å². The van der Waals surface area contributed by atoms with E-state index in [0.717, 1.165) is 0 Å². The molecular formula is C17H15BrFNO4. The van der Waals surface area contributed by atoms with Crippen molar-refractivity contribution in [2.24, 2.45) is 0 Å². The third-order valence-electron chi connectivity index (χ3n) is 3.13. The summed E-state index contributed by atoms with van der Waals surface area (Å²) in [5, 5.41) is 2.45. The van der Waals surface area contributed by atoms with Crippen molar-refractivity contribution in [2.75, 3.05) is 12.4 Å². The topological polar surface area (TPSA) is 64.6 Å². The number of nitrogens with one attached hydrogen (secondary N) is 1. The van der Waals surface area contributed by atoms with Gasteiger partial charge in [0.25, 0.3) is 5.91 Å². The summed E-state index contributed by atoms with van der Waals surface area (Å²) in [6, 6.07) is 10.6. The van der Waals surface area contributed by atoms with Gasteiger partial charge in [-0.15, -0.1) is 0 Å². The van der Waals surface area contributed by atoms with Crippen molar-refractivity contribution in [3.63, 3.8) is 0 Å². The highest BCUT2D eigenvalue weighted by Crippen LogP contribution is 2.20. The largest absolute Gasteiger partial charge is 0.481 e. The van der Waals surface area contributed by atoms with Crippen LogP contribution in [0.4, 0.5) is 10.1 Å². The smallest absolute Gasteiger partial charge is 0.337 e. The number of carbonyl (C=O) groups is 2. The molecule has 5 nitrogen and oxygen atoms in total. The summed E-state index contributed by atoms with van der Waals surface area (Å²) in [7, 11) is 1.28. The molecule has 0 saturated heterocycles. The van der Waals surface area contributed by atoms with Gasteiger partial charge in [-0.3, -0.25) is 4.79 Å². The van der Waals surface area contributed by atoms with Crippen molar-refractivity contribution in [1.29, 1.82) is 0 Å². The Morgan fingerprint density at radius 2 is 1.96 bits per heavy atom. The lowest BCUT2D eigenvalue weighted by Crippen LogP contribution is -2.30. The van der Waals surface area contributed by atoms with Gasteiger partial charge in [0.15, 0.2) is 6.10 Å². The Morgan fingerprint density at radius 1 is 1.21 bits per heavy atom. The van der Waals surface area contributed by atoms with Crippen molar-refractivity contribution < 1.29 is 23.5 Å². The van der Waals surface area contributed by atoms with E-state index in [0.29, 0.717) is 15.8 Å². The molecule has 0 bridgehead atoms. The minimum absolute atomic E-state index is 0.0574. The zero-order chi connectivity index (χ0) is 17.7. The summed E-state index contributed by atoms with van der Waals surface area (Å²) >= 11 is 3.14. The fourth-order valence-electron chi connectivity index (χ4n) is 1.90. The Labute approximate surface area is 146 Å². The highest BCUT2D eigenvalue weighted by Gasteiger charge is 2.17. The van der Waals surface area contributed by atoms with Crippen molar-refractivity contribution in [3.05, 3.63) is 58.3 Å². The van der Waals surface area contributed by atoms with Gasteiger partial charge in [-0.1, -0.05) is 22.0 Å². The Morgan fingerprint density at radius 3 is 2.62 bits per heavy atom. The highest BCUT2D eigenvalue weighted by molar-refractivity contribution is 9.10. The van der Waals surface area contributed by atoms with Gasteiger partial charge in [0, 0.05) is 4.47 Å².